The van der Waals surface area contributed by atoms with Crippen molar-refractivity contribution in [3.63, 3.8) is 0 Å². The van der Waals surface area contributed by atoms with E-state index >= 15 is 0 Å². The first-order chi connectivity index (χ1) is 9.33. The molecule has 2 N–H and O–H groups in total. The van der Waals surface area contributed by atoms with Crippen LogP contribution in [0, 0.1) is 0 Å². The molecule has 0 spiro atoms. The molecule has 1 aliphatic carbocycles. The number of aromatic nitrogens is 2. The van der Waals surface area contributed by atoms with E-state index in [0.717, 1.165) is 12.1 Å². The summed E-state index contributed by atoms with van der Waals surface area (Å²) in [5.74, 6) is 0.330. The Morgan fingerprint density at radius 3 is 3.11 bits per heavy atom. The maximum absolute atomic E-state index is 9.47. The van der Waals surface area contributed by atoms with Gasteiger partial charge in [0.2, 0.25) is 0 Å². The van der Waals surface area contributed by atoms with E-state index in [4.69, 9.17) is 0 Å². The van der Waals surface area contributed by atoms with Gasteiger partial charge in [-0.3, -0.25) is 0 Å². The van der Waals surface area contributed by atoms with Crippen LogP contribution >= 0.6 is 0 Å². The fourth-order valence-electron chi connectivity index (χ4n) is 2.92. The molecule has 1 aromatic carbocycles. The highest BCUT2D eigenvalue weighted by molar-refractivity contribution is 5.27. The molecule has 100 valence electrons. The van der Waals surface area contributed by atoms with Gasteiger partial charge in [-0.2, -0.15) is 0 Å². The van der Waals surface area contributed by atoms with Gasteiger partial charge in [-0.15, -0.1) is 0 Å². The summed E-state index contributed by atoms with van der Waals surface area (Å²) in [5, 5.41) is 13.1. The molecule has 4 nitrogen and oxygen atoms in total. The molecule has 1 aliphatic rings. The molecule has 0 radical (unpaired) electrons. The minimum absolute atomic E-state index is 0.330. The number of hydrogen-bond donors (Lipinski definition) is 2. The first kappa shape index (κ1) is 12.2. The Kier molecular flexibility index (Phi) is 3.51. The van der Waals surface area contributed by atoms with Gasteiger partial charge in [-0.05, 0) is 37.0 Å². The fourth-order valence-corrected chi connectivity index (χ4v) is 2.92. The molecule has 2 atom stereocenters. The lowest BCUT2D eigenvalue weighted by Gasteiger charge is -2.22. The van der Waals surface area contributed by atoms with Crippen LogP contribution in [0.5, 0.6) is 5.75 Å². The van der Waals surface area contributed by atoms with Crippen molar-refractivity contribution >= 4 is 0 Å². The highest BCUT2D eigenvalue weighted by Crippen LogP contribution is 2.30. The molecular weight excluding hydrogens is 238 g/mol. The molecule has 1 fully saturated rings. The zero-order chi connectivity index (χ0) is 13.1. The normalized spacial score (nSPS) is 22.7. The van der Waals surface area contributed by atoms with Crippen molar-refractivity contribution in [2.24, 2.45) is 0 Å². The highest BCUT2D eigenvalue weighted by Gasteiger charge is 2.27. The van der Waals surface area contributed by atoms with Gasteiger partial charge >= 0.3 is 0 Å². The zero-order valence-corrected chi connectivity index (χ0v) is 10.9. The first-order valence-electron chi connectivity index (χ1n) is 6.81. The van der Waals surface area contributed by atoms with Gasteiger partial charge in [0.15, 0.2) is 0 Å². The Morgan fingerprint density at radius 1 is 1.37 bits per heavy atom. The molecule has 1 saturated carbocycles. The van der Waals surface area contributed by atoms with Gasteiger partial charge in [-0.1, -0.05) is 12.1 Å². The van der Waals surface area contributed by atoms with Crippen molar-refractivity contribution in [1.29, 1.82) is 0 Å². The largest absolute Gasteiger partial charge is 0.508 e. The second kappa shape index (κ2) is 5.45. The van der Waals surface area contributed by atoms with Crippen LogP contribution in [0.2, 0.25) is 0 Å². The van der Waals surface area contributed by atoms with Gasteiger partial charge in [0.25, 0.3) is 0 Å². The van der Waals surface area contributed by atoms with Crippen LogP contribution < -0.4 is 5.32 Å². The number of phenols is 1. The fraction of sp³-hybridized carbons (Fsp3) is 0.400. The first-order valence-corrected chi connectivity index (χ1v) is 6.81. The number of phenolic OH excluding ortho intramolecular Hbond substituents is 1. The summed E-state index contributed by atoms with van der Waals surface area (Å²) in [5.41, 5.74) is 1.12. The number of imidazole rings is 1. The Hall–Kier alpha value is -1.81. The summed E-state index contributed by atoms with van der Waals surface area (Å²) in [6.45, 7) is 0.796. The standard InChI is InChI=1S/C15H19N3O/c19-13-4-1-3-12(9-13)10-17-14-5-2-6-15(14)18-8-7-16-11-18/h1,3-4,7-9,11,14-15,17,19H,2,5-6,10H2. The van der Waals surface area contributed by atoms with Crippen LogP contribution in [0.3, 0.4) is 0 Å². The third-order valence-electron chi connectivity index (χ3n) is 3.87. The maximum Gasteiger partial charge on any atom is 0.115 e. The van der Waals surface area contributed by atoms with Gasteiger partial charge in [0.1, 0.15) is 5.75 Å². The molecule has 0 bridgehead atoms. The van der Waals surface area contributed by atoms with Crippen LogP contribution in [-0.2, 0) is 6.54 Å². The smallest absolute Gasteiger partial charge is 0.115 e. The van der Waals surface area contributed by atoms with E-state index in [1.54, 1.807) is 6.07 Å². The number of hydrogen-bond acceptors (Lipinski definition) is 3. The Balaban J connectivity index is 1.63. The number of benzene rings is 1. The molecule has 2 aromatic rings. The van der Waals surface area contributed by atoms with Gasteiger partial charge in [0.05, 0.1) is 6.33 Å². The van der Waals surface area contributed by atoms with Crippen molar-refractivity contribution in [3.05, 3.63) is 48.5 Å². The lowest BCUT2D eigenvalue weighted by molar-refractivity contribution is 0.390. The Bertz CT molecular complexity index is 524. The molecule has 1 aromatic heterocycles. The molecule has 0 aliphatic heterocycles. The monoisotopic (exact) mass is 257 g/mol. The van der Waals surface area contributed by atoms with Crippen molar-refractivity contribution in [2.45, 2.75) is 37.9 Å². The number of nitrogens with one attached hydrogen (secondary N) is 1. The number of aromatic hydroxyl groups is 1. The number of rotatable bonds is 4. The van der Waals surface area contributed by atoms with Crippen LogP contribution in [0.4, 0.5) is 0 Å². The van der Waals surface area contributed by atoms with Crippen molar-refractivity contribution in [3.8, 4) is 5.75 Å². The zero-order valence-electron chi connectivity index (χ0n) is 10.9. The van der Waals surface area contributed by atoms with E-state index < -0.39 is 0 Å². The van der Waals surface area contributed by atoms with E-state index in [9.17, 15) is 5.11 Å². The van der Waals surface area contributed by atoms with E-state index in [1.807, 2.05) is 36.9 Å². The summed E-state index contributed by atoms with van der Waals surface area (Å²) < 4.78 is 2.20. The summed E-state index contributed by atoms with van der Waals surface area (Å²) >= 11 is 0. The molecule has 1 heterocycles. The van der Waals surface area contributed by atoms with E-state index in [2.05, 4.69) is 14.9 Å². The van der Waals surface area contributed by atoms with Crippen LogP contribution in [0.15, 0.2) is 43.0 Å². The second-order valence-corrected chi connectivity index (χ2v) is 5.17. The van der Waals surface area contributed by atoms with Crippen LogP contribution in [0.1, 0.15) is 30.9 Å². The lowest BCUT2D eigenvalue weighted by atomic mass is 10.1. The summed E-state index contributed by atoms with van der Waals surface area (Å²) in [4.78, 5) is 4.13. The summed E-state index contributed by atoms with van der Waals surface area (Å²) in [7, 11) is 0. The maximum atomic E-state index is 9.47. The Morgan fingerprint density at radius 2 is 2.32 bits per heavy atom. The third kappa shape index (κ3) is 2.79. The van der Waals surface area contributed by atoms with Crippen molar-refractivity contribution < 1.29 is 5.11 Å². The molecule has 2 unspecified atom stereocenters. The SMILES string of the molecule is Oc1cccc(CNC2CCCC2n2ccnc2)c1. The quantitative estimate of drug-likeness (QED) is 0.884. The number of nitrogens with zero attached hydrogens (tertiary/aromatic N) is 2. The predicted molar refractivity (Wildman–Crippen MR) is 73.8 cm³/mol. The van der Waals surface area contributed by atoms with Crippen LogP contribution in [0.25, 0.3) is 0 Å². The minimum atomic E-state index is 0.330. The minimum Gasteiger partial charge on any atom is -0.508 e. The predicted octanol–water partition coefficient (Wildman–Crippen LogP) is 2.47. The molecular formula is C15H19N3O. The van der Waals surface area contributed by atoms with Crippen molar-refractivity contribution in [2.75, 3.05) is 0 Å². The lowest BCUT2D eigenvalue weighted by Crippen LogP contribution is -2.33. The van der Waals surface area contributed by atoms with Crippen molar-refractivity contribution in [1.82, 2.24) is 14.9 Å². The molecule has 0 amide bonds. The Labute approximate surface area is 113 Å². The summed E-state index contributed by atoms with van der Waals surface area (Å²) in [6.07, 6.45) is 9.43. The summed E-state index contributed by atoms with van der Waals surface area (Å²) in [6, 6.07) is 8.42. The third-order valence-corrected chi connectivity index (χ3v) is 3.87. The van der Waals surface area contributed by atoms with E-state index in [1.165, 1.54) is 19.3 Å². The molecule has 4 heteroatoms. The molecule has 0 saturated heterocycles. The molecule has 3 rings (SSSR count). The van der Waals surface area contributed by atoms with E-state index in [-0.39, 0.29) is 0 Å². The van der Waals surface area contributed by atoms with Gasteiger partial charge in [0, 0.05) is 31.0 Å². The average Bonchev–Trinajstić information content (AvgIpc) is 3.07. The second-order valence-electron chi connectivity index (χ2n) is 5.17. The van der Waals surface area contributed by atoms with Crippen LogP contribution in [-0.4, -0.2) is 20.7 Å². The molecule has 19 heavy (non-hydrogen) atoms. The average molecular weight is 257 g/mol. The van der Waals surface area contributed by atoms with E-state index in [0.29, 0.717) is 17.8 Å². The van der Waals surface area contributed by atoms with Gasteiger partial charge in [-0.25, -0.2) is 4.98 Å². The highest BCUT2D eigenvalue weighted by atomic mass is 16.3. The van der Waals surface area contributed by atoms with Gasteiger partial charge < -0.3 is 15.0 Å². The topological polar surface area (TPSA) is 50.1 Å².